The van der Waals surface area contributed by atoms with Crippen LogP contribution in [0.3, 0.4) is 0 Å². The third-order valence-electron chi connectivity index (χ3n) is 4.65. The molecule has 1 aromatic heterocycles. The largest absolute Gasteiger partial charge is 0.396 e. The van der Waals surface area contributed by atoms with Gasteiger partial charge in [-0.15, -0.1) is 0 Å². The number of rotatable bonds is 3. The molecular formula is C15H22N2O3S. The van der Waals surface area contributed by atoms with Gasteiger partial charge in [-0.2, -0.15) is 0 Å². The van der Waals surface area contributed by atoms with E-state index in [9.17, 15) is 8.42 Å². The van der Waals surface area contributed by atoms with Crippen LogP contribution < -0.4 is 5.73 Å². The second kappa shape index (κ2) is 5.57. The van der Waals surface area contributed by atoms with Crippen molar-refractivity contribution < 1.29 is 13.2 Å². The van der Waals surface area contributed by atoms with Gasteiger partial charge in [0, 0.05) is 6.20 Å². The van der Waals surface area contributed by atoms with Crippen LogP contribution in [-0.2, 0) is 14.6 Å². The Morgan fingerprint density at radius 3 is 2.76 bits per heavy atom. The summed E-state index contributed by atoms with van der Waals surface area (Å²) in [5, 5.41) is 0. The monoisotopic (exact) mass is 310 g/mol. The molecule has 1 spiro atoms. The number of ether oxygens (including phenoxy) is 1. The van der Waals surface area contributed by atoms with Crippen molar-refractivity contribution in [1.82, 2.24) is 4.98 Å². The van der Waals surface area contributed by atoms with Gasteiger partial charge in [0.05, 0.1) is 34.2 Å². The number of aromatic nitrogens is 1. The van der Waals surface area contributed by atoms with Crippen molar-refractivity contribution >= 4 is 15.5 Å². The van der Waals surface area contributed by atoms with Crippen LogP contribution in [-0.4, -0.2) is 30.9 Å². The standard InChI is InChI=1S/C15H22N2O3S/c16-13-10-17-9-5-14(13)21(18,19)11-12-4-8-15(20-12)6-2-1-3-7-15/h5,9-10,12H,1-4,6-8,11,16H2. The molecule has 1 atom stereocenters. The van der Waals surface area contributed by atoms with Crippen LogP contribution in [0.25, 0.3) is 0 Å². The van der Waals surface area contributed by atoms with Crippen LogP contribution in [0, 0.1) is 0 Å². The molecule has 21 heavy (non-hydrogen) atoms. The first kappa shape index (κ1) is 14.8. The van der Waals surface area contributed by atoms with Crippen LogP contribution in [0.2, 0.25) is 0 Å². The van der Waals surface area contributed by atoms with Gasteiger partial charge in [-0.05, 0) is 31.7 Å². The molecule has 1 saturated carbocycles. The summed E-state index contributed by atoms with van der Waals surface area (Å²) in [6.07, 6.45) is 10.2. The molecule has 1 saturated heterocycles. The van der Waals surface area contributed by atoms with Gasteiger partial charge in [0.1, 0.15) is 0 Å². The van der Waals surface area contributed by atoms with Crippen LogP contribution >= 0.6 is 0 Å². The van der Waals surface area contributed by atoms with Crippen LogP contribution in [0.15, 0.2) is 23.4 Å². The van der Waals surface area contributed by atoms with Crippen LogP contribution in [0.5, 0.6) is 0 Å². The van der Waals surface area contributed by atoms with Crippen molar-refractivity contribution in [3.05, 3.63) is 18.5 Å². The number of hydrogen-bond donors (Lipinski definition) is 1. The van der Waals surface area contributed by atoms with Gasteiger partial charge in [-0.25, -0.2) is 8.42 Å². The molecule has 6 heteroatoms. The number of sulfone groups is 1. The smallest absolute Gasteiger partial charge is 0.183 e. The predicted octanol–water partition coefficient (Wildman–Crippen LogP) is 2.32. The third kappa shape index (κ3) is 3.06. The maximum atomic E-state index is 12.5. The summed E-state index contributed by atoms with van der Waals surface area (Å²) in [6, 6.07) is 1.47. The number of pyridine rings is 1. The molecule has 0 bridgehead atoms. The van der Waals surface area contributed by atoms with Gasteiger partial charge in [-0.3, -0.25) is 4.98 Å². The molecule has 1 aromatic rings. The Bertz CT molecular complexity index is 609. The highest BCUT2D eigenvalue weighted by Crippen LogP contribution is 2.42. The molecular weight excluding hydrogens is 288 g/mol. The van der Waals surface area contributed by atoms with Gasteiger partial charge in [0.15, 0.2) is 9.84 Å². The quantitative estimate of drug-likeness (QED) is 0.926. The number of hydrogen-bond acceptors (Lipinski definition) is 5. The molecule has 1 unspecified atom stereocenters. The van der Waals surface area contributed by atoms with Crippen molar-refractivity contribution in [2.75, 3.05) is 11.5 Å². The molecule has 2 aliphatic rings. The third-order valence-corrected chi connectivity index (χ3v) is 6.51. The van der Waals surface area contributed by atoms with E-state index >= 15 is 0 Å². The highest BCUT2D eigenvalue weighted by molar-refractivity contribution is 7.91. The Morgan fingerprint density at radius 2 is 2.05 bits per heavy atom. The molecule has 116 valence electrons. The lowest BCUT2D eigenvalue weighted by atomic mass is 9.83. The summed E-state index contributed by atoms with van der Waals surface area (Å²) in [7, 11) is -3.42. The molecule has 0 amide bonds. The van der Waals surface area contributed by atoms with E-state index in [-0.39, 0.29) is 28.0 Å². The predicted molar refractivity (Wildman–Crippen MR) is 80.6 cm³/mol. The molecule has 2 heterocycles. The van der Waals surface area contributed by atoms with Crippen LogP contribution in [0.1, 0.15) is 44.9 Å². The normalized spacial score (nSPS) is 25.2. The summed E-state index contributed by atoms with van der Waals surface area (Å²) < 4.78 is 31.1. The van der Waals surface area contributed by atoms with E-state index < -0.39 is 9.84 Å². The minimum absolute atomic E-state index is 0.0168. The molecule has 1 aliphatic heterocycles. The minimum Gasteiger partial charge on any atom is -0.396 e. The average molecular weight is 310 g/mol. The fourth-order valence-corrected chi connectivity index (χ4v) is 5.17. The summed E-state index contributed by atoms with van der Waals surface area (Å²) in [6.45, 7) is 0. The molecule has 0 radical (unpaired) electrons. The van der Waals surface area contributed by atoms with Crippen molar-refractivity contribution in [2.24, 2.45) is 0 Å². The second-order valence-corrected chi connectivity index (χ2v) is 8.22. The fourth-order valence-electron chi connectivity index (χ4n) is 3.59. The fraction of sp³-hybridized carbons (Fsp3) is 0.667. The van der Waals surface area contributed by atoms with Gasteiger partial charge >= 0.3 is 0 Å². The summed E-state index contributed by atoms with van der Waals surface area (Å²) in [5.74, 6) is 0.0168. The highest BCUT2D eigenvalue weighted by atomic mass is 32.2. The Labute approximate surface area is 125 Å². The molecule has 5 nitrogen and oxygen atoms in total. The molecule has 3 rings (SSSR count). The average Bonchev–Trinajstić information content (AvgIpc) is 2.81. The molecule has 2 N–H and O–H groups in total. The van der Waals surface area contributed by atoms with Crippen molar-refractivity contribution in [1.29, 1.82) is 0 Å². The van der Waals surface area contributed by atoms with Crippen molar-refractivity contribution in [3.8, 4) is 0 Å². The number of anilines is 1. The first-order valence-electron chi connectivity index (χ1n) is 7.61. The van der Waals surface area contributed by atoms with E-state index in [1.165, 1.54) is 37.7 Å². The summed E-state index contributed by atoms with van der Waals surface area (Å²) >= 11 is 0. The Hall–Kier alpha value is -1.14. The van der Waals surface area contributed by atoms with Crippen LogP contribution in [0.4, 0.5) is 5.69 Å². The Kier molecular flexibility index (Phi) is 3.92. The lowest BCUT2D eigenvalue weighted by Crippen LogP contribution is -2.33. The molecule has 2 fully saturated rings. The second-order valence-electron chi connectivity index (χ2n) is 6.22. The van der Waals surface area contributed by atoms with E-state index in [4.69, 9.17) is 10.5 Å². The number of nitrogen functional groups attached to an aromatic ring is 1. The zero-order valence-corrected chi connectivity index (χ0v) is 12.9. The summed E-state index contributed by atoms with van der Waals surface area (Å²) in [4.78, 5) is 4.01. The maximum absolute atomic E-state index is 12.5. The lowest BCUT2D eigenvalue weighted by molar-refractivity contribution is -0.0559. The van der Waals surface area contributed by atoms with Gasteiger partial charge < -0.3 is 10.5 Å². The van der Waals surface area contributed by atoms with Crippen molar-refractivity contribution in [3.63, 3.8) is 0 Å². The highest BCUT2D eigenvalue weighted by Gasteiger charge is 2.42. The molecule has 0 aromatic carbocycles. The first-order chi connectivity index (χ1) is 10.0. The zero-order valence-electron chi connectivity index (χ0n) is 12.1. The van der Waals surface area contributed by atoms with Gasteiger partial charge in [0.25, 0.3) is 0 Å². The number of nitrogens with zero attached hydrogens (tertiary/aromatic N) is 1. The van der Waals surface area contributed by atoms with Crippen molar-refractivity contribution in [2.45, 2.75) is 61.5 Å². The summed E-state index contributed by atoms with van der Waals surface area (Å²) in [5.41, 5.74) is 5.89. The zero-order chi connectivity index (χ0) is 14.9. The van der Waals surface area contributed by atoms with Gasteiger partial charge in [0.2, 0.25) is 0 Å². The molecule has 1 aliphatic carbocycles. The minimum atomic E-state index is -3.42. The van der Waals surface area contributed by atoms with E-state index in [1.807, 2.05) is 0 Å². The maximum Gasteiger partial charge on any atom is 0.183 e. The Balaban J connectivity index is 1.71. The van der Waals surface area contributed by atoms with E-state index in [0.717, 1.165) is 25.7 Å². The lowest BCUT2D eigenvalue weighted by Gasteiger charge is -2.33. The van der Waals surface area contributed by atoms with Gasteiger partial charge in [-0.1, -0.05) is 19.3 Å². The van der Waals surface area contributed by atoms with E-state index in [0.29, 0.717) is 0 Å². The van der Waals surface area contributed by atoms with E-state index in [1.54, 1.807) is 0 Å². The van der Waals surface area contributed by atoms with E-state index in [2.05, 4.69) is 4.98 Å². The topological polar surface area (TPSA) is 82.3 Å². The SMILES string of the molecule is Nc1cnccc1S(=O)(=O)CC1CCC2(CCCCC2)O1. The first-order valence-corrected chi connectivity index (χ1v) is 9.26. The Morgan fingerprint density at radius 1 is 1.29 bits per heavy atom. The number of nitrogens with two attached hydrogens (primary N) is 1.